The molecule has 1 atom stereocenters. The number of aldehydes is 1. The molecule has 0 saturated carbocycles. The Morgan fingerprint density at radius 1 is 1.55 bits per heavy atom. The second-order valence-electron chi connectivity index (χ2n) is 2.03. The first-order valence-corrected chi connectivity index (χ1v) is 3.22. The van der Waals surface area contributed by atoms with Gasteiger partial charge in [-0.15, -0.1) is 6.58 Å². The summed E-state index contributed by atoms with van der Waals surface area (Å²) in [6, 6.07) is 0. The zero-order valence-corrected chi connectivity index (χ0v) is 5.97. The summed E-state index contributed by atoms with van der Waals surface area (Å²) < 4.78 is 0. The lowest BCUT2D eigenvalue weighted by Gasteiger charge is -2.00. The van der Waals surface area contributed by atoms with Gasteiger partial charge in [0.15, 0.2) is 0 Å². The molecule has 3 nitrogen and oxygen atoms in total. The fourth-order valence-corrected chi connectivity index (χ4v) is 0.729. The Kier molecular flexibility index (Phi) is 2.49. The Hall–Kier alpha value is -1.51. The first-order chi connectivity index (χ1) is 5.38. The van der Waals surface area contributed by atoms with Crippen molar-refractivity contribution in [3.05, 3.63) is 36.9 Å². The quantitative estimate of drug-likeness (QED) is 0.473. The maximum atomic E-state index is 10.4. The third kappa shape index (κ3) is 1.70. The molecule has 1 rings (SSSR count). The van der Waals surface area contributed by atoms with Gasteiger partial charge in [0.1, 0.15) is 6.29 Å². The molecule has 0 aliphatic heterocycles. The average molecular weight is 148 g/mol. The van der Waals surface area contributed by atoms with Crippen molar-refractivity contribution in [1.82, 2.24) is 9.97 Å². The molecule has 0 N–H and O–H groups in total. The van der Waals surface area contributed by atoms with Crippen LogP contribution in [0.4, 0.5) is 0 Å². The van der Waals surface area contributed by atoms with E-state index in [0.29, 0.717) is 5.69 Å². The number of aromatic nitrogens is 2. The molecular formula is C8H8N2O. The van der Waals surface area contributed by atoms with E-state index in [1.165, 1.54) is 6.08 Å². The highest BCUT2D eigenvalue weighted by Crippen LogP contribution is 2.08. The SMILES string of the molecule is C=CC(C=O)c1cnccn1. The lowest BCUT2D eigenvalue weighted by atomic mass is 10.1. The lowest BCUT2D eigenvalue weighted by Crippen LogP contribution is -1.98. The van der Waals surface area contributed by atoms with E-state index < -0.39 is 0 Å². The number of allylic oxidation sites excluding steroid dienone is 1. The Morgan fingerprint density at radius 2 is 2.36 bits per heavy atom. The molecule has 0 amide bonds. The predicted octanol–water partition coefficient (Wildman–Crippen LogP) is 0.945. The normalized spacial score (nSPS) is 12.0. The van der Waals surface area contributed by atoms with Gasteiger partial charge in [-0.3, -0.25) is 9.97 Å². The number of hydrogen-bond acceptors (Lipinski definition) is 3. The molecule has 0 spiro atoms. The topological polar surface area (TPSA) is 42.9 Å². The summed E-state index contributed by atoms with van der Waals surface area (Å²) in [5, 5.41) is 0. The monoisotopic (exact) mass is 148 g/mol. The van der Waals surface area contributed by atoms with Gasteiger partial charge in [-0.1, -0.05) is 6.08 Å². The maximum Gasteiger partial charge on any atom is 0.132 e. The standard InChI is InChI=1S/C8H8N2O/c1-2-7(6-11)8-5-9-3-4-10-8/h2-7H,1H2. The van der Waals surface area contributed by atoms with Gasteiger partial charge in [-0.2, -0.15) is 0 Å². The van der Waals surface area contributed by atoms with Crippen LogP contribution in [0.2, 0.25) is 0 Å². The van der Waals surface area contributed by atoms with Gasteiger partial charge in [0.2, 0.25) is 0 Å². The Morgan fingerprint density at radius 3 is 2.82 bits per heavy atom. The zero-order chi connectivity index (χ0) is 8.10. The Bertz CT molecular complexity index is 238. The summed E-state index contributed by atoms with van der Waals surface area (Å²) in [4.78, 5) is 18.2. The van der Waals surface area contributed by atoms with Crippen LogP contribution in [0.15, 0.2) is 31.2 Å². The highest BCUT2D eigenvalue weighted by Gasteiger charge is 2.05. The second-order valence-corrected chi connectivity index (χ2v) is 2.03. The van der Waals surface area contributed by atoms with Gasteiger partial charge >= 0.3 is 0 Å². The minimum Gasteiger partial charge on any atom is -0.302 e. The summed E-state index contributed by atoms with van der Waals surface area (Å²) in [6.45, 7) is 3.51. The largest absolute Gasteiger partial charge is 0.302 e. The molecule has 1 aromatic rings. The van der Waals surface area contributed by atoms with Crippen LogP contribution in [0.3, 0.4) is 0 Å². The van der Waals surface area contributed by atoms with E-state index in [9.17, 15) is 4.79 Å². The van der Waals surface area contributed by atoms with Crippen molar-refractivity contribution in [2.75, 3.05) is 0 Å². The van der Waals surface area contributed by atoms with Gasteiger partial charge < -0.3 is 4.79 Å². The van der Waals surface area contributed by atoms with E-state index >= 15 is 0 Å². The van der Waals surface area contributed by atoms with Crippen LogP contribution < -0.4 is 0 Å². The number of carbonyl (C=O) groups excluding carboxylic acids is 1. The minimum absolute atomic E-state index is 0.330. The number of hydrogen-bond donors (Lipinski definition) is 0. The third-order valence-corrected chi connectivity index (χ3v) is 1.33. The molecule has 0 fully saturated rings. The molecule has 1 aromatic heterocycles. The summed E-state index contributed by atoms with van der Waals surface area (Å²) >= 11 is 0. The first kappa shape index (κ1) is 7.60. The van der Waals surface area contributed by atoms with Crippen molar-refractivity contribution in [3.63, 3.8) is 0 Å². The second kappa shape index (κ2) is 3.61. The van der Waals surface area contributed by atoms with E-state index in [1.54, 1.807) is 18.6 Å². The minimum atomic E-state index is -0.330. The van der Waals surface area contributed by atoms with Crippen LogP contribution in [0, 0.1) is 0 Å². The molecule has 0 radical (unpaired) electrons. The van der Waals surface area contributed by atoms with Crippen LogP contribution in [0.5, 0.6) is 0 Å². The van der Waals surface area contributed by atoms with Gasteiger partial charge in [-0.25, -0.2) is 0 Å². The molecule has 1 unspecified atom stereocenters. The maximum absolute atomic E-state index is 10.4. The van der Waals surface area contributed by atoms with Gasteiger partial charge in [0, 0.05) is 18.6 Å². The van der Waals surface area contributed by atoms with E-state index in [-0.39, 0.29) is 5.92 Å². The fourth-order valence-electron chi connectivity index (χ4n) is 0.729. The molecule has 11 heavy (non-hydrogen) atoms. The van der Waals surface area contributed by atoms with Crippen LogP contribution in [-0.4, -0.2) is 16.3 Å². The first-order valence-electron chi connectivity index (χ1n) is 3.22. The van der Waals surface area contributed by atoms with Crippen LogP contribution in [0.1, 0.15) is 11.6 Å². The van der Waals surface area contributed by atoms with E-state index in [2.05, 4.69) is 16.5 Å². The van der Waals surface area contributed by atoms with Crippen LogP contribution >= 0.6 is 0 Å². The van der Waals surface area contributed by atoms with Crippen molar-refractivity contribution in [2.45, 2.75) is 5.92 Å². The molecule has 0 bridgehead atoms. The van der Waals surface area contributed by atoms with Gasteiger partial charge in [0.25, 0.3) is 0 Å². The molecule has 3 heteroatoms. The summed E-state index contributed by atoms with van der Waals surface area (Å²) in [5.41, 5.74) is 0.637. The van der Waals surface area contributed by atoms with Crippen molar-refractivity contribution in [2.24, 2.45) is 0 Å². The molecular weight excluding hydrogens is 140 g/mol. The highest BCUT2D eigenvalue weighted by atomic mass is 16.1. The molecule has 0 aromatic carbocycles. The van der Waals surface area contributed by atoms with Crippen molar-refractivity contribution in [3.8, 4) is 0 Å². The summed E-state index contributed by atoms with van der Waals surface area (Å²) in [6.07, 6.45) is 7.00. The Balaban J connectivity index is 2.90. The smallest absolute Gasteiger partial charge is 0.132 e. The predicted molar refractivity (Wildman–Crippen MR) is 41.0 cm³/mol. The van der Waals surface area contributed by atoms with Gasteiger partial charge in [-0.05, 0) is 0 Å². The van der Waals surface area contributed by atoms with Gasteiger partial charge in [0.05, 0.1) is 11.6 Å². The summed E-state index contributed by atoms with van der Waals surface area (Å²) in [7, 11) is 0. The highest BCUT2D eigenvalue weighted by molar-refractivity contribution is 5.63. The molecule has 0 aliphatic carbocycles. The summed E-state index contributed by atoms with van der Waals surface area (Å²) in [5.74, 6) is -0.330. The van der Waals surface area contributed by atoms with Crippen molar-refractivity contribution < 1.29 is 4.79 Å². The number of rotatable bonds is 3. The van der Waals surface area contributed by atoms with Crippen LogP contribution in [0.25, 0.3) is 0 Å². The van der Waals surface area contributed by atoms with E-state index in [4.69, 9.17) is 0 Å². The lowest BCUT2D eigenvalue weighted by molar-refractivity contribution is -0.108. The number of nitrogens with zero attached hydrogens (tertiary/aromatic N) is 2. The molecule has 0 aliphatic rings. The molecule has 56 valence electrons. The Labute approximate surface area is 64.8 Å². The molecule has 1 heterocycles. The zero-order valence-electron chi connectivity index (χ0n) is 5.97. The average Bonchev–Trinajstić information content (AvgIpc) is 2.09. The van der Waals surface area contributed by atoms with Crippen LogP contribution in [-0.2, 0) is 4.79 Å². The molecule has 0 saturated heterocycles. The van der Waals surface area contributed by atoms with Crippen molar-refractivity contribution >= 4 is 6.29 Å². The number of carbonyl (C=O) groups is 1. The fraction of sp³-hybridized carbons (Fsp3) is 0.125. The van der Waals surface area contributed by atoms with E-state index in [0.717, 1.165) is 6.29 Å². The third-order valence-electron chi connectivity index (χ3n) is 1.33. The van der Waals surface area contributed by atoms with Crippen molar-refractivity contribution in [1.29, 1.82) is 0 Å². The van der Waals surface area contributed by atoms with E-state index in [1.807, 2.05) is 0 Å².